The lowest BCUT2D eigenvalue weighted by Crippen LogP contribution is -3.27. The summed E-state index contributed by atoms with van der Waals surface area (Å²) in [5, 5.41) is 2.97. The van der Waals surface area contributed by atoms with E-state index in [0.29, 0.717) is 12.2 Å². The van der Waals surface area contributed by atoms with Gasteiger partial charge < -0.3 is 19.9 Å². The average molecular weight is 293 g/mol. The molecule has 116 valence electrons. The summed E-state index contributed by atoms with van der Waals surface area (Å²) in [6.45, 7) is 7.63. The Kier molecular flexibility index (Phi) is 5.59. The minimum atomic E-state index is 0.0673. The van der Waals surface area contributed by atoms with Crippen LogP contribution in [0.2, 0.25) is 0 Å². The summed E-state index contributed by atoms with van der Waals surface area (Å²) in [6, 6.07) is 5.81. The van der Waals surface area contributed by atoms with Crippen LogP contribution in [0.1, 0.15) is 12.0 Å². The van der Waals surface area contributed by atoms with E-state index >= 15 is 0 Å². The fourth-order valence-electron chi connectivity index (χ4n) is 2.70. The molecular formula is C16H27N3O2+2. The molecule has 5 nitrogen and oxygen atoms in total. The third-order valence-corrected chi connectivity index (χ3v) is 4.15. The standard InChI is InChI=1S/C16H25N3O2/c1-13-4-5-15(21-3)14(12-13)17-16(20)6-7-19-10-8-18(2)9-11-19/h4-5,12H,6-11H2,1-3H3,(H,17,20)/p+2. The maximum Gasteiger partial charge on any atom is 0.230 e. The van der Waals surface area contributed by atoms with Crippen LogP contribution in [0.4, 0.5) is 5.69 Å². The molecule has 0 bridgehead atoms. The number of hydrogen-bond acceptors (Lipinski definition) is 2. The van der Waals surface area contributed by atoms with Crippen LogP contribution in [0.25, 0.3) is 0 Å². The molecule has 1 fully saturated rings. The van der Waals surface area contributed by atoms with Crippen molar-refractivity contribution in [2.75, 3.05) is 52.2 Å². The molecule has 3 N–H and O–H groups in total. The quantitative estimate of drug-likeness (QED) is 0.635. The summed E-state index contributed by atoms with van der Waals surface area (Å²) in [5.74, 6) is 0.780. The molecule has 1 aliphatic heterocycles. The minimum Gasteiger partial charge on any atom is -0.495 e. The minimum absolute atomic E-state index is 0.0673. The topological polar surface area (TPSA) is 47.2 Å². The van der Waals surface area contributed by atoms with E-state index in [1.54, 1.807) is 12.0 Å². The molecule has 1 saturated heterocycles. The highest BCUT2D eigenvalue weighted by molar-refractivity contribution is 5.92. The molecule has 0 unspecified atom stereocenters. The molecule has 1 aliphatic rings. The lowest BCUT2D eigenvalue weighted by molar-refractivity contribution is -1.00. The molecule has 0 aromatic heterocycles. The largest absolute Gasteiger partial charge is 0.495 e. The van der Waals surface area contributed by atoms with Crippen LogP contribution in [-0.2, 0) is 4.79 Å². The van der Waals surface area contributed by atoms with Crippen molar-refractivity contribution in [1.29, 1.82) is 0 Å². The first-order chi connectivity index (χ1) is 10.1. The maximum absolute atomic E-state index is 12.1. The van der Waals surface area contributed by atoms with Gasteiger partial charge in [-0.25, -0.2) is 0 Å². The molecule has 1 aromatic rings. The second kappa shape index (κ2) is 7.43. The highest BCUT2D eigenvalue weighted by atomic mass is 16.5. The second-order valence-electron chi connectivity index (χ2n) is 5.96. The van der Waals surface area contributed by atoms with Crippen molar-refractivity contribution in [1.82, 2.24) is 0 Å². The van der Waals surface area contributed by atoms with E-state index in [1.807, 2.05) is 25.1 Å². The predicted molar refractivity (Wildman–Crippen MR) is 83.2 cm³/mol. The van der Waals surface area contributed by atoms with Gasteiger partial charge in [-0.1, -0.05) is 6.07 Å². The third kappa shape index (κ3) is 4.72. The Bertz CT molecular complexity index is 482. The normalized spacial score (nSPS) is 21.9. The molecule has 1 amide bonds. The van der Waals surface area contributed by atoms with Gasteiger partial charge in [-0.3, -0.25) is 4.79 Å². The number of quaternary nitrogens is 2. The number of likely N-dealkylation sites (N-methyl/N-ethyl adjacent to an activating group) is 1. The predicted octanol–water partition coefficient (Wildman–Crippen LogP) is -1.25. The van der Waals surface area contributed by atoms with Crippen molar-refractivity contribution >= 4 is 11.6 Å². The smallest absolute Gasteiger partial charge is 0.230 e. The van der Waals surface area contributed by atoms with Crippen molar-refractivity contribution < 1.29 is 19.3 Å². The maximum atomic E-state index is 12.1. The molecule has 2 rings (SSSR count). The molecule has 0 spiro atoms. The third-order valence-electron chi connectivity index (χ3n) is 4.15. The Labute approximate surface area is 126 Å². The zero-order valence-corrected chi connectivity index (χ0v) is 13.3. The summed E-state index contributed by atoms with van der Waals surface area (Å²) < 4.78 is 5.28. The first-order valence-electron chi connectivity index (χ1n) is 7.68. The van der Waals surface area contributed by atoms with E-state index in [0.717, 1.165) is 30.9 Å². The van der Waals surface area contributed by atoms with Gasteiger partial charge >= 0.3 is 0 Å². The van der Waals surface area contributed by atoms with Gasteiger partial charge in [0.25, 0.3) is 0 Å². The Hall–Kier alpha value is -1.59. The summed E-state index contributed by atoms with van der Waals surface area (Å²) in [5.41, 5.74) is 1.87. The summed E-state index contributed by atoms with van der Waals surface area (Å²) in [6.07, 6.45) is 0.561. The molecule has 5 heteroatoms. The summed E-state index contributed by atoms with van der Waals surface area (Å²) in [4.78, 5) is 15.2. The van der Waals surface area contributed by atoms with Crippen LogP contribution < -0.4 is 19.9 Å². The number of rotatable bonds is 5. The van der Waals surface area contributed by atoms with Crippen molar-refractivity contribution in [3.63, 3.8) is 0 Å². The molecule has 0 atom stereocenters. The summed E-state index contributed by atoms with van der Waals surface area (Å²) >= 11 is 0. The Morgan fingerprint density at radius 3 is 2.67 bits per heavy atom. The fraction of sp³-hybridized carbons (Fsp3) is 0.562. The van der Waals surface area contributed by atoms with E-state index in [2.05, 4.69) is 12.4 Å². The first kappa shape index (κ1) is 15.8. The molecule has 21 heavy (non-hydrogen) atoms. The van der Waals surface area contributed by atoms with E-state index in [4.69, 9.17) is 4.74 Å². The zero-order chi connectivity index (χ0) is 15.2. The summed E-state index contributed by atoms with van der Waals surface area (Å²) in [7, 11) is 3.85. The highest BCUT2D eigenvalue weighted by Crippen LogP contribution is 2.25. The van der Waals surface area contributed by atoms with E-state index in [1.165, 1.54) is 18.0 Å². The number of piperazine rings is 1. The van der Waals surface area contributed by atoms with E-state index in [-0.39, 0.29) is 5.91 Å². The number of carbonyl (C=O) groups is 1. The lowest BCUT2D eigenvalue weighted by Gasteiger charge is -2.27. The van der Waals surface area contributed by atoms with Crippen LogP contribution in [0.5, 0.6) is 5.75 Å². The zero-order valence-electron chi connectivity index (χ0n) is 13.3. The molecule has 0 saturated carbocycles. The van der Waals surface area contributed by atoms with Gasteiger partial charge in [0.2, 0.25) is 5.91 Å². The van der Waals surface area contributed by atoms with Gasteiger partial charge in [-0.05, 0) is 24.6 Å². The number of hydrogen-bond donors (Lipinski definition) is 3. The van der Waals surface area contributed by atoms with Gasteiger partial charge in [0.15, 0.2) is 0 Å². The molecule has 0 radical (unpaired) electrons. The van der Waals surface area contributed by atoms with Gasteiger partial charge in [0.05, 0.1) is 32.8 Å². The molecule has 1 aromatic carbocycles. The van der Waals surface area contributed by atoms with Gasteiger partial charge in [0, 0.05) is 0 Å². The number of benzene rings is 1. The van der Waals surface area contributed by atoms with Crippen molar-refractivity contribution in [3.05, 3.63) is 23.8 Å². The number of amides is 1. The van der Waals surface area contributed by atoms with Crippen molar-refractivity contribution in [3.8, 4) is 5.75 Å². The van der Waals surface area contributed by atoms with Crippen LogP contribution in [0, 0.1) is 6.92 Å². The number of carbonyl (C=O) groups excluding carboxylic acids is 1. The number of aryl methyl sites for hydroxylation is 1. The highest BCUT2D eigenvalue weighted by Gasteiger charge is 2.20. The number of methoxy groups -OCH3 is 1. The molecule has 1 heterocycles. The van der Waals surface area contributed by atoms with Gasteiger partial charge in [-0.2, -0.15) is 0 Å². The first-order valence-corrected chi connectivity index (χ1v) is 7.68. The van der Waals surface area contributed by atoms with Crippen molar-refractivity contribution in [2.45, 2.75) is 13.3 Å². The van der Waals surface area contributed by atoms with E-state index < -0.39 is 0 Å². The van der Waals surface area contributed by atoms with Crippen LogP contribution in [0.3, 0.4) is 0 Å². The molecule has 0 aliphatic carbocycles. The number of ether oxygens (including phenoxy) is 1. The van der Waals surface area contributed by atoms with Gasteiger partial charge in [-0.15, -0.1) is 0 Å². The number of anilines is 1. The van der Waals surface area contributed by atoms with Crippen molar-refractivity contribution in [2.24, 2.45) is 0 Å². The Balaban J connectivity index is 1.83. The SMILES string of the molecule is COc1ccc(C)cc1NC(=O)CC[NH+]1CC[NH+](C)CC1. The van der Waals surface area contributed by atoms with E-state index in [9.17, 15) is 4.79 Å². The van der Waals surface area contributed by atoms with Crippen LogP contribution in [0.15, 0.2) is 18.2 Å². The molecular weight excluding hydrogens is 266 g/mol. The monoisotopic (exact) mass is 293 g/mol. The average Bonchev–Trinajstić information content (AvgIpc) is 2.47. The van der Waals surface area contributed by atoms with Crippen LogP contribution in [-0.4, -0.2) is 52.8 Å². The Morgan fingerprint density at radius 2 is 2.00 bits per heavy atom. The number of nitrogens with one attached hydrogen (secondary N) is 3. The Morgan fingerprint density at radius 1 is 1.29 bits per heavy atom. The second-order valence-corrected chi connectivity index (χ2v) is 5.96. The lowest BCUT2D eigenvalue weighted by atomic mass is 10.2. The van der Waals surface area contributed by atoms with Crippen LogP contribution >= 0.6 is 0 Å². The van der Waals surface area contributed by atoms with Gasteiger partial charge in [0.1, 0.15) is 31.9 Å². The fourth-order valence-corrected chi connectivity index (χ4v) is 2.70.